The third kappa shape index (κ3) is 4.75. The van der Waals surface area contributed by atoms with Gasteiger partial charge in [0, 0.05) is 12.1 Å². The number of benzene rings is 1. The second-order valence-corrected chi connectivity index (χ2v) is 8.17. The molecule has 0 radical (unpaired) electrons. The van der Waals surface area contributed by atoms with Crippen LogP contribution in [-0.4, -0.2) is 53.0 Å². The largest absolute Gasteiger partial charge is 0.493 e. The van der Waals surface area contributed by atoms with Crippen molar-refractivity contribution in [1.29, 1.82) is 0 Å². The predicted octanol–water partition coefficient (Wildman–Crippen LogP) is 3.60. The molecule has 1 aromatic carbocycles. The summed E-state index contributed by atoms with van der Waals surface area (Å²) in [4.78, 5) is 4.73. The minimum absolute atomic E-state index is 0.157. The average Bonchev–Trinajstić information content (AvgIpc) is 2.52. The van der Waals surface area contributed by atoms with Crippen LogP contribution in [0.4, 0.5) is 0 Å². The first-order valence-corrected chi connectivity index (χ1v) is 9.12. The smallest absolute Gasteiger partial charge is 0.160 e. The van der Waals surface area contributed by atoms with E-state index in [1.54, 1.807) is 26.0 Å². The predicted molar refractivity (Wildman–Crippen MR) is 101 cm³/mol. The lowest BCUT2D eigenvalue weighted by molar-refractivity contribution is 0.109. The van der Waals surface area contributed by atoms with Gasteiger partial charge in [0.05, 0.1) is 26.8 Å². The fraction of sp³-hybridized carbons (Fsp3) is 0.588. The normalized spacial score (nSPS) is 16.6. The van der Waals surface area contributed by atoms with Crippen molar-refractivity contribution < 1.29 is 9.47 Å². The molecule has 0 bridgehead atoms. The quantitative estimate of drug-likeness (QED) is 0.750. The number of ether oxygens (including phenoxy) is 2. The van der Waals surface area contributed by atoms with Gasteiger partial charge in [0.2, 0.25) is 0 Å². The summed E-state index contributed by atoms with van der Waals surface area (Å²) in [6.07, 6.45) is 0.930. The molecule has 0 N–H and O–H groups in total. The van der Waals surface area contributed by atoms with Crippen molar-refractivity contribution in [2.75, 3.05) is 33.3 Å². The van der Waals surface area contributed by atoms with E-state index in [2.05, 4.69) is 36.6 Å². The number of hydrogen-bond acceptors (Lipinski definition) is 5. The summed E-state index contributed by atoms with van der Waals surface area (Å²) in [5, 5.41) is 0. The zero-order valence-electron chi connectivity index (χ0n) is 14.6. The highest BCUT2D eigenvalue weighted by atomic mass is 32.2. The van der Waals surface area contributed by atoms with Crippen LogP contribution < -0.4 is 9.47 Å². The SMILES string of the molecule is COc1ccc(CCN2CN(C(C)(C)C)CSC2=S)cc1OC. The monoisotopic (exact) mass is 354 g/mol. The van der Waals surface area contributed by atoms with Crippen molar-refractivity contribution in [2.24, 2.45) is 0 Å². The van der Waals surface area contributed by atoms with E-state index in [1.807, 2.05) is 12.1 Å². The van der Waals surface area contributed by atoms with Gasteiger partial charge in [-0.3, -0.25) is 4.90 Å². The molecule has 23 heavy (non-hydrogen) atoms. The summed E-state index contributed by atoms with van der Waals surface area (Å²) >= 11 is 7.27. The maximum atomic E-state index is 5.52. The van der Waals surface area contributed by atoms with Crippen LogP contribution in [0.3, 0.4) is 0 Å². The molecule has 1 heterocycles. The second kappa shape index (κ2) is 7.73. The Morgan fingerprint density at radius 3 is 2.48 bits per heavy atom. The number of hydrogen-bond donors (Lipinski definition) is 0. The molecule has 0 amide bonds. The maximum absolute atomic E-state index is 5.52. The van der Waals surface area contributed by atoms with E-state index in [4.69, 9.17) is 21.7 Å². The Morgan fingerprint density at radius 2 is 1.87 bits per heavy atom. The van der Waals surface area contributed by atoms with Gasteiger partial charge in [0.25, 0.3) is 0 Å². The molecular weight excluding hydrogens is 328 g/mol. The molecule has 0 aromatic heterocycles. The van der Waals surface area contributed by atoms with E-state index in [0.717, 1.165) is 41.3 Å². The summed E-state index contributed by atoms with van der Waals surface area (Å²) in [6, 6.07) is 6.09. The van der Waals surface area contributed by atoms with E-state index < -0.39 is 0 Å². The van der Waals surface area contributed by atoms with Gasteiger partial charge in [0.1, 0.15) is 4.32 Å². The zero-order chi connectivity index (χ0) is 17.0. The minimum atomic E-state index is 0.157. The van der Waals surface area contributed by atoms with Crippen LogP contribution >= 0.6 is 24.0 Å². The first-order valence-electron chi connectivity index (χ1n) is 7.73. The van der Waals surface area contributed by atoms with E-state index in [0.29, 0.717) is 0 Å². The number of nitrogens with zero attached hydrogens (tertiary/aromatic N) is 2. The van der Waals surface area contributed by atoms with Crippen molar-refractivity contribution in [3.05, 3.63) is 23.8 Å². The summed E-state index contributed by atoms with van der Waals surface area (Å²) < 4.78 is 11.7. The Balaban J connectivity index is 2.00. The molecule has 2 rings (SSSR count). The lowest BCUT2D eigenvalue weighted by atomic mass is 10.1. The molecule has 0 atom stereocenters. The van der Waals surface area contributed by atoms with Crippen LogP contribution in [0, 0.1) is 0 Å². The summed E-state index contributed by atoms with van der Waals surface area (Å²) in [6.45, 7) is 8.54. The molecule has 0 saturated carbocycles. The summed E-state index contributed by atoms with van der Waals surface area (Å²) in [7, 11) is 3.32. The van der Waals surface area contributed by atoms with Crippen LogP contribution in [0.5, 0.6) is 11.5 Å². The Bertz CT molecular complexity index is 558. The van der Waals surface area contributed by atoms with Gasteiger partial charge in [-0.1, -0.05) is 30.0 Å². The van der Waals surface area contributed by atoms with Crippen LogP contribution in [0.15, 0.2) is 18.2 Å². The Labute approximate surface area is 149 Å². The van der Waals surface area contributed by atoms with Crippen LogP contribution in [0.25, 0.3) is 0 Å². The van der Waals surface area contributed by atoms with Gasteiger partial charge in [-0.2, -0.15) is 0 Å². The van der Waals surface area contributed by atoms with Crippen molar-refractivity contribution >= 4 is 28.3 Å². The highest BCUT2D eigenvalue weighted by Gasteiger charge is 2.28. The lowest BCUT2D eigenvalue weighted by Crippen LogP contribution is -2.52. The van der Waals surface area contributed by atoms with Gasteiger partial charge >= 0.3 is 0 Å². The fourth-order valence-corrected chi connectivity index (χ4v) is 3.77. The Hall–Kier alpha value is -0.980. The topological polar surface area (TPSA) is 24.9 Å². The van der Waals surface area contributed by atoms with Gasteiger partial charge in [-0.05, 0) is 44.9 Å². The second-order valence-electron chi connectivity index (χ2n) is 6.59. The van der Waals surface area contributed by atoms with E-state index >= 15 is 0 Å². The molecule has 1 aliphatic rings. The molecule has 0 spiro atoms. The molecule has 1 saturated heterocycles. The first kappa shape index (κ1) is 18.4. The summed E-state index contributed by atoms with van der Waals surface area (Å²) in [5.41, 5.74) is 1.38. The minimum Gasteiger partial charge on any atom is -0.493 e. The van der Waals surface area contributed by atoms with Crippen molar-refractivity contribution in [1.82, 2.24) is 9.80 Å². The average molecular weight is 355 g/mol. The Morgan fingerprint density at radius 1 is 1.17 bits per heavy atom. The zero-order valence-corrected chi connectivity index (χ0v) is 16.2. The molecule has 1 aliphatic heterocycles. The van der Waals surface area contributed by atoms with Crippen LogP contribution in [0.2, 0.25) is 0 Å². The van der Waals surface area contributed by atoms with E-state index in [1.165, 1.54) is 5.56 Å². The van der Waals surface area contributed by atoms with Crippen LogP contribution in [-0.2, 0) is 6.42 Å². The Kier molecular flexibility index (Phi) is 6.17. The summed E-state index contributed by atoms with van der Waals surface area (Å²) in [5.74, 6) is 2.51. The van der Waals surface area contributed by atoms with Gasteiger partial charge < -0.3 is 14.4 Å². The highest BCUT2D eigenvalue weighted by Crippen LogP contribution is 2.29. The van der Waals surface area contributed by atoms with Crippen molar-refractivity contribution in [3.63, 3.8) is 0 Å². The van der Waals surface area contributed by atoms with Gasteiger partial charge in [0.15, 0.2) is 11.5 Å². The third-order valence-electron chi connectivity index (χ3n) is 4.01. The van der Waals surface area contributed by atoms with Crippen molar-refractivity contribution in [3.8, 4) is 11.5 Å². The molecule has 1 aromatic rings. The van der Waals surface area contributed by atoms with Gasteiger partial charge in [-0.15, -0.1) is 0 Å². The molecule has 4 nitrogen and oxygen atoms in total. The van der Waals surface area contributed by atoms with E-state index in [9.17, 15) is 0 Å². The molecule has 128 valence electrons. The number of rotatable bonds is 5. The molecular formula is C17H26N2O2S2. The number of methoxy groups -OCH3 is 2. The van der Waals surface area contributed by atoms with E-state index in [-0.39, 0.29) is 5.54 Å². The molecule has 6 heteroatoms. The lowest BCUT2D eigenvalue weighted by Gasteiger charge is -2.43. The molecule has 0 unspecified atom stereocenters. The first-order chi connectivity index (χ1) is 10.8. The molecule has 0 aliphatic carbocycles. The van der Waals surface area contributed by atoms with Gasteiger partial charge in [-0.25, -0.2) is 0 Å². The number of thioether (sulfide) groups is 1. The highest BCUT2D eigenvalue weighted by molar-refractivity contribution is 8.22. The van der Waals surface area contributed by atoms with Crippen LogP contribution in [0.1, 0.15) is 26.3 Å². The fourth-order valence-electron chi connectivity index (χ4n) is 2.40. The number of thiocarbonyl (C=S) groups is 1. The third-order valence-corrected chi connectivity index (χ3v) is 5.57. The van der Waals surface area contributed by atoms with Crippen molar-refractivity contribution in [2.45, 2.75) is 32.7 Å². The maximum Gasteiger partial charge on any atom is 0.160 e. The molecule has 1 fully saturated rings. The standard InChI is InChI=1S/C17H26N2O2S2/c1-17(2,3)19-11-18(16(22)23-12-19)9-8-13-6-7-14(20-4)15(10-13)21-5/h6-7,10H,8-9,11-12H2,1-5H3.